The van der Waals surface area contributed by atoms with Gasteiger partial charge in [0.05, 0.1) is 29.3 Å². The molecule has 0 aromatic carbocycles. The molecule has 1 rings (SSSR count). The lowest BCUT2D eigenvalue weighted by Gasteiger charge is -2.31. The van der Waals surface area contributed by atoms with Gasteiger partial charge >= 0.3 is 21.3 Å². The van der Waals surface area contributed by atoms with Crippen LogP contribution in [0.1, 0.15) is 19.3 Å². The Morgan fingerprint density at radius 1 is 1.23 bits per heavy atom. The summed E-state index contributed by atoms with van der Waals surface area (Å²) in [6.45, 7) is -1.10. The van der Waals surface area contributed by atoms with E-state index in [9.17, 15) is 46.6 Å². The number of carbonyl (C=O) groups is 1. The monoisotopic (exact) mass is 350 g/mol. The third-order valence-electron chi connectivity index (χ3n) is 3.15. The molecule has 1 aliphatic rings. The Hall–Kier alpha value is -1.83. The van der Waals surface area contributed by atoms with Crippen molar-refractivity contribution < 1.29 is 40.4 Å². The molecule has 0 amide bonds. The quantitative estimate of drug-likeness (QED) is 0.212. The van der Waals surface area contributed by atoms with Crippen LogP contribution in [0.5, 0.6) is 0 Å². The van der Waals surface area contributed by atoms with E-state index >= 15 is 0 Å². The Morgan fingerprint density at radius 2 is 1.68 bits per heavy atom. The summed E-state index contributed by atoms with van der Waals surface area (Å²) in [7, 11) is -5.83. The number of rotatable bonds is 7. The van der Waals surface area contributed by atoms with Crippen molar-refractivity contribution >= 4 is 15.9 Å². The number of halogens is 3. The zero-order valence-electron chi connectivity index (χ0n) is 10.6. The number of hydrogen-bond donors (Lipinski definition) is 0. The van der Waals surface area contributed by atoms with Crippen molar-refractivity contribution in [3.63, 3.8) is 0 Å². The minimum absolute atomic E-state index is 0.697. The van der Waals surface area contributed by atoms with Gasteiger partial charge in [0.25, 0.3) is 0 Å². The first-order valence-electron chi connectivity index (χ1n) is 5.61. The van der Waals surface area contributed by atoms with Crippen LogP contribution in [0.3, 0.4) is 0 Å². The number of carbonyl (C=O) groups excluding carboxylic acids is 1. The number of hydrogen-bond acceptors (Lipinski definition) is 8. The summed E-state index contributed by atoms with van der Waals surface area (Å²) in [5.74, 6) is -1.93. The molecule has 1 aliphatic carbocycles. The van der Waals surface area contributed by atoms with Crippen LogP contribution in [0, 0.1) is 26.1 Å². The predicted octanol–water partition coefficient (Wildman–Crippen LogP) is 0.472. The molecule has 0 aliphatic heterocycles. The molecule has 0 aromatic heterocycles. The average molecular weight is 350 g/mol. The molecule has 1 saturated carbocycles. The Morgan fingerprint density at radius 3 is 2.05 bits per heavy atom. The normalized spacial score (nSPS) is 18.5. The van der Waals surface area contributed by atoms with Gasteiger partial charge in [-0.15, -0.1) is 0 Å². The van der Waals surface area contributed by atoms with Gasteiger partial charge in [0.15, 0.2) is 0 Å². The zero-order valence-corrected chi connectivity index (χ0v) is 11.4. The van der Waals surface area contributed by atoms with Crippen molar-refractivity contribution in [3.05, 3.63) is 20.2 Å². The highest BCUT2D eigenvalue weighted by Crippen LogP contribution is 2.41. The van der Waals surface area contributed by atoms with E-state index in [1.54, 1.807) is 0 Å². The van der Waals surface area contributed by atoms with Crippen molar-refractivity contribution in [1.82, 2.24) is 0 Å². The highest BCUT2D eigenvalue weighted by Gasteiger charge is 2.68. The molecule has 22 heavy (non-hydrogen) atoms. The van der Waals surface area contributed by atoms with Gasteiger partial charge in [-0.3, -0.25) is 29.2 Å². The molecule has 1 fully saturated rings. The van der Waals surface area contributed by atoms with Gasteiger partial charge in [-0.1, -0.05) is 0 Å². The van der Waals surface area contributed by atoms with Crippen molar-refractivity contribution in [2.24, 2.45) is 5.92 Å². The van der Waals surface area contributed by atoms with Crippen LogP contribution >= 0.6 is 0 Å². The maximum absolute atomic E-state index is 11.9. The fourth-order valence-electron chi connectivity index (χ4n) is 1.84. The van der Waals surface area contributed by atoms with Crippen LogP contribution in [-0.4, -0.2) is 41.8 Å². The molecule has 0 unspecified atom stereocenters. The van der Waals surface area contributed by atoms with Crippen LogP contribution in [0.15, 0.2) is 0 Å². The molecular weight excluding hydrogens is 341 g/mol. The standard InChI is InChI=1S/C8H9F3N2O8S/c9-8(10,11)22(19,20)21-2-1-6(14)5-3-7(4-5,12(15)16)13(17)18/h5H,1-4H2. The van der Waals surface area contributed by atoms with E-state index in [0.29, 0.717) is 0 Å². The molecule has 0 spiro atoms. The first-order chi connectivity index (χ1) is 9.83. The molecule has 0 bridgehead atoms. The summed E-state index contributed by atoms with van der Waals surface area (Å²) in [5.41, 5.74) is -8.10. The number of Topliss-reactive ketones (excluding diaryl/α,β-unsaturated/α-hetero) is 1. The number of nitro groups is 2. The molecule has 0 N–H and O–H groups in total. The first kappa shape index (κ1) is 18.2. The molecular formula is C8H9F3N2O8S. The van der Waals surface area contributed by atoms with Gasteiger partial charge < -0.3 is 0 Å². The van der Waals surface area contributed by atoms with E-state index in [0.717, 1.165) is 0 Å². The fraction of sp³-hybridized carbons (Fsp3) is 0.875. The van der Waals surface area contributed by atoms with Crippen LogP contribution in [0.4, 0.5) is 13.2 Å². The summed E-state index contributed by atoms with van der Waals surface area (Å²) < 4.78 is 60.4. The summed E-state index contributed by atoms with van der Waals surface area (Å²) in [6.07, 6.45) is -2.15. The summed E-state index contributed by atoms with van der Waals surface area (Å²) in [4.78, 5) is 30.4. The van der Waals surface area contributed by atoms with E-state index < -0.39 is 68.7 Å². The smallest absolute Gasteiger partial charge is 0.299 e. The molecule has 10 nitrogen and oxygen atoms in total. The molecule has 0 aromatic rings. The van der Waals surface area contributed by atoms with E-state index in [-0.39, 0.29) is 0 Å². The lowest BCUT2D eigenvalue weighted by atomic mass is 9.72. The Bertz CT molecular complexity index is 579. The van der Waals surface area contributed by atoms with Gasteiger partial charge in [0, 0.05) is 12.3 Å². The van der Waals surface area contributed by atoms with Crippen LogP contribution in [0.2, 0.25) is 0 Å². The van der Waals surface area contributed by atoms with Crippen molar-refractivity contribution in [2.75, 3.05) is 6.61 Å². The largest absolute Gasteiger partial charge is 0.523 e. The van der Waals surface area contributed by atoms with Gasteiger partial charge in [-0.25, -0.2) is 0 Å². The fourth-order valence-corrected chi connectivity index (χ4v) is 2.28. The molecule has 0 atom stereocenters. The van der Waals surface area contributed by atoms with Crippen LogP contribution in [0.25, 0.3) is 0 Å². The SMILES string of the molecule is O=C(CCOS(=O)(=O)C(F)(F)F)C1CC([N+](=O)[O-])([N+](=O)[O-])C1. The maximum Gasteiger partial charge on any atom is 0.523 e. The minimum Gasteiger partial charge on any atom is -0.299 e. The third kappa shape index (κ3) is 3.32. The average Bonchev–Trinajstić information content (AvgIpc) is 2.24. The van der Waals surface area contributed by atoms with Crippen molar-refractivity contribution in [2.45, 2.75) is 30.4 Å². The van der Waals surface area contributed by atoms with E-state index in [2.05, 4.69) is 4.18 Å². The Labute approximate surface area is 120 Å². The summed E-state index contributed by atoms with van der Waals surface area (Å²) >= 11 is 0. The second-order valence-corrected chi connectivity index (χ2v) is 6.15. The highest BCUT2D eigenvalue weighted by atomic mass is 32.2. The van der Waals surface area contributed by atoms with Crippen LogP contribution in [-0.2, 0) is 19.1 Å². The third-order valence-corrected chi connectivity index (χ3v) is 4.20. The molecule has 14 heteroatoms. The van der Waals surface area contributed by atoms with Crippen molar-refractivity contribution in [1.29, 1.82) is 0 Å². The van der Waals surface area contributed by atoms with Crippen LogP contribution < -0.4 is 0 Å². The van der Waals surface area contributed by atoms with Gasteiger partial charge in [0.1, 0.15) is 5.78 Å². The van der Waals surface area contributed by atoms with Gasteiger partial charge in [-0.2, -0.15) is 21.6 Å². The lowest BCUT2D eigenvalue weighted by Crippen LogP contribution is -2.58. The lowest BCUT2D eigenvalue weighted by molar-refractivity contribution is -0.813. The zero-order chi connectivity index (χ0) is 17.3. The summed E-state index contributed by atoms with van der Waals surface area (Å²) in [6, 6.07) is 0. The van der Waals surface area contributed by atoms with Gasteiger partial charge in [-0.05, 0) is 0 Å². The number of nitrogens with zero attached hydrogens (tertiary/aromatic N) is 2. The van der Waals surface area contributed by atoms with E-state index in [4.69, 9.17) is 0 Å². The molecule has 0 heterocycles. The predicted molar refractivity (Wildman–Crippen MR) is 60.0 cm³/mol. The molecule has 126 valence electrons. The number of ketones is 1. The van der Waals surface area contributed by atoms with Gasteiger partial charge in [0.2, 0.25) is 0 Å². The van der Waals surface area contributed by atoms with E-state index in [1.807, 2.05) is 0 Å². The highest BCUT2D eigenvalue weighted by molar-refractivity contribution is 7.87. The molecule has 0 radical (unpaired) electrons. The maximum atomic E-state index is 11.9. The number of alkyl halides is 3. The Kier molecular flexibility index (Phi) is 4.76. The summed E-state index contributed by atoms with van der Waals surface area (Å²) in [5, 5.41) is 21.2. The second-order valence-electron chi connectivity index (χ2n) is 4.54. The second kappa shape index (κ2) is 5.75. The topological polar surface area (TPSA) is 147 Å². The molecule has 0 saturated heterocycles. The first-order valence-corrected chi connectivity index (χ1v) is 7.02. The van der Waals surface area contributed by atoms with Crippen molar-refractivity contribution in [3.8, 4) is 0 Å². The van der Waals surface area contributed by atoms with E-state index in [1.165, 1.54) is 0 Å². The minimum atomic E-state index is -5.83. The Balaban J connectivity index is 2.51.